The summed E-state index contributed by atoms with van der Waals surface area (Å²) >= 11 is 0. The molecule has 9 nitrogen and oxygen atoms in total. The maximum Gasteiger partial charge on any atom is 0.262 e. The van der Waals surface area contributed by atoms with E-state index in [1.54, 1.807) is 43.3 Å². The second kappa shape index (κ2) is 13.4. The first-order valence-electron chi connectivity index (χ1n) is 11.5. The molecule has 3 N–H and O–H groups in total. The van der Waals surface area contributed by atoms with E-state index < -0.39 is 30.0 Å². The van der Waals surface area contributed by atoms with Gasteiger partial charge in [0.2, 0.25) is 11.8 Å². The Balaban J connectivity index is 1.52. The number of para-hydroxylation sites is 2. The number of carbonyl (C=O) groups excluding carboxylic acids is 3. The number of carbonyl (C=O) groups is 3. The summed E-state index contributed by atoms with van der Waals surface area (Å²) < 4.78 is 24.8. The van der Waals surface area contributed by atoms with Gasteiger partial charge in [-0.3, -0.25) is 14.4 Å². The third-order valence-electron chi connectivity index (χ3n) is 4.92. The lowest BCUT2D eigenvalue weighted by Crippen LogP contribution is -2.24. The second-order valence-electron chi connectivity index (χ2n) is 7.79. The summed E-state index contributed by atoms with van der Waals surface area (Å²) in [5.41, 5.74) is 4.47. The normalized spacial score (nSPS) is 10.6. The zero-order valence-corrected chi connectivity index (χ0v) is 20.4. The molecule has 192 valence electrons. The van der Waals surface area contributed by atoms with Gasteiger partial charge in [0.1, 0.15) is 12.2 Å². The Morgan fingerprint density at radius 2 is 1.57 bits per heavy atom. The van der Waals surface area contributed by atoms with E-state index in [1.165, 1.54) is 24.4 Å². The first-order valence-corrected chi connectivity index (χ1v) is 11.5. The number of rotatable bonds is 11. The van der Waals surface area contributed by atoms with Crippen molar-refractivity contribution in [1.82, 2.24) is 5.43 Å². The average Bonchev–Trinajstić information content (AvgIpc) is 2.86. The van der Waals surface area contributed by atoms with Gasteiger partial charge >= 0.3 is 0 Å². The number of nitrogens with one attached hydrogen (secondary N) is 3. The van der Waals surface area contributed by atoms with Crippen LogP contribution in [0.2, 0.25) is 0 Å². The molecule has 0 aromatic heterocycles. The maximum atomic E-state index is 13.7. The number of aryl methyl sites for hydroxylation is 1. The lowest BCUT2D eigenvalue weighted by molar-refractivity contribution is -0.126. The van der Waals surface area contributed by atoms with Crippen LogP contribution in [0.25, 0.3) is 0 Å². The molecule has 0 spiro atoms. The molecule has 3 amide bonds. The highest BCUT2D eigenvalue weighted by atomic mass is 19.1. The summed E-state index contributed by atoms with van der Waals surface area (Å²) in [7, 11) is 0. The van der Waals surface area contributed by atoms with Crippen molar-refractivity contribution in [3.63, 3.8) is 0 Å². The number of hydrazone groups is 1. The van der Waals surface area contributed by atoms with Gasteiger partial charge in [0, 0.05) is 5.69 Å². The molecule has 0 heterocycles. The minimum atomic E-state index is -0.576. The summed E-state index contributed by atoms with van der Waals surface area (Å²) in [6.45, 7) is 3.62. The van der Waals surface area contributed by atoms with Gasteiger partial charge in [0.25, 0.3) is 5.91 Å². The summed E-state index contributed by atoms with van der Waals surface area (Å²) in [6, 6.07) is 17.9. The standard InChI is InChI=1S/C27H27FN4O5/c1-3-36-24-14-19(12-13-23(24)37-17-27(35)31-22-11-7-5-9-20(22)28)16-29-32-26(34)15-25(33)30-21-10-6-4-8-18(21)2/h4-14,16H,3,15,17H2,1-2H3,(H,30,33)(H,31,35)(H,32,34). The monoisotopic (exact) mass is 506 g/mol. The van der Waals surface area contributed by atoms with E-state index in [2.05, 4.69) is 21.2 Å². The van der Waals surface area contributed by atoms with Gasteiger partial charge in [0.15, 0.2) is 18.1 Å². The molecule has 3 aromatic carbocycles. The Labute approximate surface area is 213 Å². The Hall–Kier alpha value is -4.73. The topological polar surface area (TPSA) is 118 Å². The quantitative estimate of drug-likeness (QED) is 0.206. The highest BCUT2D eigenvalue weighted by Crippen LogP contribution is 2.28. The highest BCUT2D eigenvalue weighted by Gasteiger charge is 2.12. The molecule has 0 atom stereocenters. The zero-order valence-electron chi connectivity index (χ0n) is 20.4. The van der Waals surface area contributed by atoms with Crippen LogP contribution in [0, 0.1) is 12.7 Å². The molecule has 3 rings (SSSR count). The Bertz CT molecular complexity index is 1300. The highest BCUT2D eigenvalue weighted by molar-refractivity contribution is 6.04. The number of amides is 3. The minimum absolute atomic E-state index is 0.0578. The predicted molar refractivity (Wildman–Crippen MR) is 138 cm³/mol. The smallest absolute Gasteiger partial charge is 0.262 e. The third-order valence-corrected chi connectivity index (χ3v) is 4.92. The fourth-order valence-corrected chi connectivity index (χ4v) is 3.16. The van der Waals surface area contributed by atoms with E-state index in [4.69, 9.17) is 9.47 Å². The Morgan fingerprint density at radius 3 is 2.30 bits per heavy atom. The summed E-state index contributed by atoms with van der Waals surface area (Å²) in [5, 5.41) is 9.00. The number of halogens is 1. The minimum Gasteiger partial charge on any atom is -0.490 e. The third kappa shape index (κ3) is 8.46. The van der Waals surface area contributed by atoms with Crippen molar-refractivity contribution in [1.29, 1.82) is 0 Å². The Morgan fingerprint density at radius 1 is 0.865 bits per heavy atom. The van der Waals surface area contributed by atoms with Crippen molar-refractivity contribution in [3.05, 3.63) is 83.7 Å². The Kier molecular flexibility index (Phi) is 9.72. The lowest BCUT2D eigenvalue weighted by atomic mass is 10.2. The van der Waals surface area contributed by atoms with Crippen molar-refractivity contribution in [2.24, 2.45) is 5.10 Å². The molecule has 0 bridgehead atoms. The first-order chi connectivity index (χ1) is 17.9. The van der Waals surface area contributed by atoms with E-state index in [9.17, 15) is 18.8 Å². The van der Waals surface area contributed by atoms with Crippen LogP contribution in [0.15, 0.2) is 71.8 Å². The lowest BCUT2D eigenvalue weighted by Gasteiger charge is -2.13. The van der Waals surface area contributed by atoms with Crippen LogP contribution in [0.4, 0.5) is 15.8 Å². The van der Waals surface area contributed by atoms with Crippen molar-refractivity contribution < 1.29 is 28.2 Å². The molecule has 0 aliphatic heterocycles. The van der Waals surface area contributed by atoms with Crippen LogP contribution >= 0.6 is 0 Å². The maximum absolute atomic E-state index is 13.7. The summed E-state index contributed by atoms with van der Waals surface area (Å²) in [4.78, 5) is 36.3. The molecule has 0 aliphatic rings. The van der Waals surface area contributed by atoms with Crippen LogP contribution < -0.4 is 25.5 Å². The molecule has 0 fully saturated rings. The second-order valence-corrected chi connectivity index (χ2v) is 7.79. The molecule has 0 saturated heterocycles. The van der Waals surface area contributed by atoms with E-state index in [0.29, 0.717) is 29.4 Å². The molecule has 3 aromatic rings. The largest absolute Gasteiger partial charge is 0.490 e. The number of hydrogen-bond donors (Lipinski definition) is 3. The van der Waals surface area contributed by atoms with Crippen LogP contribution in [0.3, 0.4) is 0 Å². The van der Waals surface area contributed by atoms with Gasteiger partial charge in [-0.25, -0.2) is 9.82 Å². The fourth-order valence-electron chi connectivity index (χ4n) is 3.16. The van der Waals surface area contributed by atoms with Crippen LogP contribution in [0.5, 0.6) is 11.5 Å². The zero-order chi connectivity index (χ0) is 26.6. The van der Waals surface area contributed by atoms with E-state index in [1.807, 2.05) is 19.1 Å². The average molecular weight is 507 g/mol. The number of nitrogens with zero attached hydrogens (tertiary/aromatic N) is 1. The van der Waals surface area contributed by atoms with Crippen LogP contribution in [0.1, 0.15) is 24.5 Å². The molecule has 0 saturated carbocycles. The van der Waals surface area contributed by atoms with Crippen LogP contribution in [-0.4, -0.2) is 37.1 Å². The van der Waals surface area contributed by atoms with Crippen LogP contribution in [-0.2, 0) is 14.4 Å². The number of ether oxygens (including phenoxy) is 2. The molecule has 0 aliphatic carbocycles. The van der Waals surface area contributed by atoms with Crippen molar-refractivity contribution in [3.8, 4) is 11.5 Å². The van der Waals surface area contributed by atoms with Gasteiger partial charge in [-0.1, -0.05) is 30.3 Å². The van der Waals surface area contributed by atoms with Gasteiger partial charge in [-0.05, 0) is 61.4 Å². The SMILES string of the molecule is CCOc1cc(C=NNC(=O)CC(=O)Nc2ccccc2C)ccc1OCC(=O)Nc1ccccc1F. The predicted octanol–water partition coefficient (Wildman–Crippen LogP) is 4.03. The van der Waals surface area contributed by atoms with Crippen molar-refractivity contribution in [2.45, 2.75) is 20.3 Å². The van der Waals surface area contributed by atoms with Gasteiger partial charge in [-0.15, -0.1) is 0 Å². The van der Waals surface area contributed by atoms with Gasteiger partial charge < -0.3 is 20.1 Å². The number of benzene rings is 3. The molecule has 10 heteroatoms. The summed E-state index contributed by atoms with van der Waals surface area (Å²) in [6.07, 6.45) is 0.992. The van der Waals surface area contributed by atoms with E-state index >= 15 is 0 Å². The van der Waals surface area contributed by atoms with Crippen molar-refractivity contribution in [2.75, 3.05) is 23.8 Å². The van der Waals surface area contributed by atoms with Gasteiger partial charge in [-0.2, -0.15) is 5.10 Å². The molecule has 37 heavy (non-hydrogen) atoms. The number of anilines is 2. The van der Waals surface area contributed by atoms with E-state index in [-0.39, 0.29) is 12.3 Å². The number of hydrogen-bond acceptors (Lipinski definition) is 6. The van der Waals surface area contributed by atoms with Gasteiger partial charge in [0.05, 0.1) is 18.5 Å². The molecule has 0 unspecified atom stereocenters. The molecule has 0 radical (unpaired) electrons. The van der Waals surface area contributed by atoms with E-state index in [0.717, 1.165) is 5.56 Å². The van der Waals surface area contributed by atoms with Crippen molar-refractivity contribution >= 4 is 35.3 Å². The first kappa shape index (κ1) is 26.9. The molecular weight excluding hydrogens is 479 g/mol. The fraction of sp³-hybridized carbons (Fsp3) is 0.185. The molecular formula is C27H27FN4O5. The summed E-state index contributed by atoms with van der Waals surface area (Å²) in [5.74, 6) is -1.45.